The van der Waals surface area contributed by atoms with Crippen LogP contribution in [0.15, 0.2) is 86.3 Å². The van der Waals surface area contributed by atoms with Crippen molar-refractivity contribution in [2.24, 2.45) is 0 Å². The van der Waals surface area contributed by atoms with Gasteiger partial charge in [-0.15, -0.1) is 0 Å². The van der Waals surface area contributed by atoms with Crippen molar-refractivity contribution in [3.8, 4) is 0 Å². The number of hydrogen-bond acceptors (Lipinski definition) is 4. The van der Waals surface area contributed by atoms with E-state index in [4.69, 9.17) is 13.3 Å². The third kappa shape index (κ3) is 8.17. The van der Waals surface area contributed by atoms with Crippen LogP contribution in [0.5, 0.6) is 0 Å². The van der Waals surface area contributed by atoms with E-state index in [1.165, 1.54) is 26.4 Å². The summed E-state index contributed by atoms with van der Waals surface area (Å²) >= 11 is -1.30. The maximum atomic E-state index is 5.54. The summed E-state index contributed by atoms with van der Waals surface area (Å²) in [5, 5.41) is 1.19. The Bertz CT molecular complexity index is 609. The molecule has 2 aromatic carbocycles. The Morgan fingerprint density at radius 3 is 1.54 bits per heavy atom. The van der Waals surface area contributed by atoms with E-state index in [1.807, 2.05) is 0 Å². The summed E-state index contributed by atoms with van der Waals surface area (Å²) in [6.45, 7) is 6.51. The van der Waals surface area contributed by atoms with Crippen LogP contribution < -0.4 is 8.70 Å². The van der Waals surface area contributed by atoms with Crippen molar-refractivity contribution in [3.63, 3.8) is 0 Å². The summed E-state index contributed by atoms with van der Waals surface area (Å²) in [7, 11) is 2.59. The van der Waals surface area contributed by atoms with Gasteiger partial charge in [0, 0.05) is 0 Å². The molecule has 28 heavy (non-hydrogen) atoms. The van der Waals surface area contributed by atoms with E-state index in [0.29, 0.717) is 0 Å². The fraction of sp³-hybridized carbons (Fsp3) is 0.273. The molecule has 0 saturated heterocycles. The number of ether oxygens (including phenoxy) is 1. The van der Waals surface area contributed by atoms with Gasteiger partial charge in [0.05, 0.1) is 12.5 Å². The van der Waals surface area contributed by atoms with Crippen LogP contribution in [0.1, 0.15) is 6.42 Å². The van der Waals surface area contributed by atoms with Crippen LogP contribution >= 0.6 is 0 Å². The monoisotopic (exact) mass is 462 g/mol. The molecule has 0 unspecified atom stereocenters. The van der Waals surface area contributed by atoms with Gasteiger partial charge in [-0.25, -0.2) is 0 Å². The molecule has 6 heteroatoms. The fourth-order valence-corrected chi connectivity index (χ4v) is 10.0. The molecule has 0 amide bonds. The molecule has 0 radical (unpaired) electrons. The molecule has 0 saturated carbocycles. The molecule has 0 aliphatic rings. The molecule has 0 aliphatic heterocycles. The van der Waals surface area contributed by atoms with Crippen molar-refractivity contribution in [1.82, 2.24) is 0 Å². The molecule has 0 heterocycles. The normalized spacial score (nSPS) is 10.7. The van der Waals surface area contributed by atoms with E-state index in [2.05, 4.69) is 78.6 Å². The van der Waals surface area contributed by atoms with Gasteiger partial charge in [-0.2, -0.15) is 0 Å². The van der Waals surface area contributed by atoms with Crippen molar-refractivity contribution >= 4 is 32.2 Å². The van der Waals surface area contributed by atoms with Crippen molar-refractivity contribution in [1.29, 1.82) is 0 Å². The fourth-order valence-electron chi connectivity index (χ4n) is 2.70. The maximum absolute atomic E-state index is 5.54. The number of rotatable bonds is 11. The molecular formula is C22H31AsO4Si. The predicted molar refractivity (Wildman–Crippen MR) is 120 cm³/mol. The summed E-state index contributed by atoms with van der Waals surface area (Å²) in [4.78, 5) is 0. The molecule has 2 rings (SSSR count). The summed E-state index contributed by atoms with van der Waals surface area (Å²) in [5.41, 5.74) is 0. The molecule has 0 aliphatic carbocycles. The minimum absolute atomic E-state index is 0.863. The van der Waals surface area contributed by atoms with Gasteiger partial charge in [0.15, 0.2) is 0 Å². The third-order valence-electron chi connectivity index (χ3n) is 4.13. The van der Waals surface area contributed by atoms with Crippen molar-refractivity contribution in [2.45, 2.75) is 17.7 Å². The Kier molecular flexibility index (Phi) is 12.5. The summed E-state index contributed by atoms with van der Waals surface area (Å²) in [6, 6.07) is 22.6. The van der Waals surface area contributed by atoms with E-state index in [9.17, 15) is 0 Å². The Morgan fingerprint density at radius 1 is 0.786 bits per heavy atom. The molecule has 0 spiro atoms. The minimum atomic E-state index is -2.46. The Hall–Kier alpha value is -1.62. The van der Waals surface area contributed by atoms with Gasteiger partial charge in [0.25, 0.3) is 0 Å². The molecule has 0 N–H and O–H groups in total. The van der Waals surface area contributed by atoms with Crippen LogP contribution in [0.3, 0.4) is 0 Å². The molecule has 0 aromatic heterocycles. The molecule has 0 atom stereocenters. The standard InChI is InChI=1S/C18H25AsO3Si.C4H6O/c1-20-23(21-2,22-3)16-10-15-19(17-11-6-4-7-12-17)18-13-8-5-9-14-18;1-3-5-4-2/h4-9,11-14H,10,15-16H2,1-3H3;3-4H,1-2H2. The van der Waals surface area contributed by atoms with Crippen molar-refractivity contribution in [3.05, 3.63) is 86.3 Å². The van der Waals surface area contributed by atoms with E-state index in [1.54, 1.807) is 21.3 Å². The summed E-state index contributed by atoms with van der Waals surface area (Å²) in [6.07, 6.45) is 3.69. The van der Waals surface area contributed by atoms with Crippen LogP contribution in [0.25, 0.3) is 0 Å². The first kappa shape index (κ1) is 24.4. The zero-order valence-corrected chi connectivity index (χ0v) is 19.9. The summed E-state index contributed by atoms with van der Waals surface area (Å²) < 4.78 is 24.0. The summed E-state index contributed by atoms with van der Waals surface area (Å²) in [5.74, 6) is 0. The molecule has 4 nitrogen and oxygen atoms in total. The van der Waals surface area contributed by atoms with E-state index in [-0.39, 0.29) is 0 Å². The quantitative estimate of drug-likeness (QED) is 0.376. The molecule has 2 aromatic rings. The van der Waals surface area contributed by atoms with Crippen LogP contribution in [0, 0.1) is 0 Å². The van der Waals surface area contributed by atoms with Gasteiger partial charge in [-0.05, 0) is 0 Å². The van der Waals surface area contributed by atoms with Gasteiger partial charge in [-0.1, -0.05) is 13.2 Å². The second kappa shape index (κ2) is 14.4. The molecular weight excluding hydrogens is 431 g/mol. The molecule has 0 bridgehead atoms. The first-order valence-electron chi connectivity index (χ1n) is 9.06. The predicted octanol–water partition coefficient (Wildman–Crippen LogP) is 3.85. The number of hydrogen-bond donors (Lipinski definition) is 0. The van der Waals surface area contributed by atoms with E-state index in [0.717, 1.165) is 12.5 Å². The van der Waals surface area contributed by atoms with Gasteiger partial charge in [0.1, 0.15) is 0 Å². The molecule has 0 fully saturated rings. The van der Waals surface area contributed by atoms with Gasteiger partial charge in [0.2, 0.25) is 0 Å². The van der Waals surface area contributed by atoms with Crippen molar-refractivity contribution < 1.29 is 18.0 Å². The first-order chi connectivity index (χ1) is 13.7. The Morgan fingerprint density at radius 2 is 1.21 bits per heavy atom. The topological polar surface area (TPSA) is 36.9 Å². The van der Waals surface area contributed by atoms with Gasteiger partial charge >= 0.3 is 145 Å². The third-order valence-corrected chi connectivity index (χ3v) is 12.4. The zero-order chi connectivity index (χ0) is 20.7. The number of benzene rings is 2. The second-order valence-corrected chi connectivity index (χ2v) is 13.7. The first-order valence-corrected chi connectivity index (χ1v) is 14.2. The zero-order valence-electron chi connectivity index (χ0n) is 17.0. The van der Waals surface area contributed by atoms with Crippen LogP contribution in [-0.2, 0) is 18.0 Å². The van der Waals surface area contributed by atoms with Gasteiger partial charge < -0.3 is 4.74 Å². The van der Waals surface area contributed by atoms with E-state index >= 15 is 0 Å². The Balaban J connectivity index is 0.000000696. The Labute approximate surface area is 175 Å². The van der Waals surface area contributed by atoms with Crippen molar-refractivity contribution in [2.75, 3.05) is 21.3 Å². The second-order valence-electron chi connectivity index (χ2n) is 5.69. The van der Waals surface area contributed by atoms with Crippen LogP contribution in [0.4, 0.5) is 0 Å². The average Bonchev–Trinajstić information content (AvgIpc) is 2.77. The van der Waals surface area contributed by atoms with E-state index < -0.39 is 23.5 Å². The van der Waals surface area contributed by atoms with Gasteiger partial charge in [-0.3, -0.25) is 0 Å². The average molecular weight is 462 g/mol. The van der Waals surface area contributed by atoms with Crippen LogP contribution in [-0.4, -0.2) is 44.8 Å². The SMILES string of the molecule is C=COC=C.CO[Si](CCC[As](c1ccccc1)c1ccccc1)(OC)OC. The molecule has 152 valence electrons. The van der Waals surface area contributed by atoms with Crippen LogP contribution in [0.2, 0.25) is 11.3 Å².